The summed E-state index contributed by atoms with van der Waals surface area (Å²) in [5.74, 6) is -0.792. The molecule has 0 aliphatic heterocycles. The summed E-state index contributed by atoms with van der Waals surface area (Å²) in [4.78, 5) is 29.1. The third-order valence-electron chi connectivity index (χ3n) is 6.25. The fourth-order valence-electron chi connectivity index (χ4n) is 4.13. The van der Waals surface area contributed by atoms with Crippen molar-refractivity contribution in [3.05, 3.63) is 101 Å². The van der Waals surface area contributed by atoms with E-state index >= 15 is 0 Å². The molecule has 0 heterocycles. The predicted molar refractivity (Wildman–Crippen MR) is 155 cm³/mol. The van der Waals surface area contributed by atoms with Gasteiger partial charge in [-0.05, 0) is 68.7 Å². The number of rotatable bonds is 10. The van der Waals surface area contributed by atoms with Crippen LogP contribution in [-0.2, 0) is 32.6 Å². The minimum absolute atomic E-state index is 0.0268. The van der Waals surface area contributed by atoms with Gasteiger partial charge in [-0.25, -0.2) is 8.42 Å². The number of hydrogen-bond acceptors (Lipinski definition) is 4. The second-order valence-corrected chi connectivity index (χ2v) is 13.1. The van der Waals surface area contributed by atoms with Crippen molar-refractivity contribution in [2.45, 2.75) is 57.1 Å². The van der Waals surface area contributed by atoms with Gasteiger partial charge in [-0.2, -0.15) is 4.31 Å². The molecule has 0 spiro atoms. The van der Waals surface area contributed by atoms with Gasteiger partial charge in [0.05, 0.1) is 11.4 Å². The Morgan fingerprint density at radius 3 is 2.10 bits per heavy atom. The Morgan fingerprint density at radius 2 is 1.51 bits per heavy atom. The van der Waals surface area contributed by atoms with Crippen LogP contribution in [0.4, 0.5) is 0 Å². The first kappa shape index (κ1) is 30.3. The lowest BCUT2D eigenvalue weighted by atomic mass is 10.00. The number of carbonyl (C=O) groups is 2. The number of halogens is 1. The molecule has 0 saturated heterocycles. The Bertz CT molecular complexity index is 1390. The maximum absolute atomic E-state index is 13.9. The molecular formula is C30H36ClN3O4S. The van der Waals surface area contributed by atoms with Crippen LogP contribution in [0.25, 0.3) is 0 Å². The van der Waals surface area contributed by atoms with Crippen LogP contribution < -0.4 is 5.32 Å². The summed E-state index contributed by atoms with van der Waals surface area (Å²) < 4.78 is 27.5. The summed E-state index contributed by atoms with van der Waals surface area (Å²) >= 11 is 5.93. The molecule has 1 unspecified atom stereocenters. The molecule has 7 nitrogen and oxygen atoms in total. The van der Waals surface area contributed by atoms with Crippen molar-refractivity contribution in [2.75, 3.05) is 13.6 Å². The van der Waals surface area contributed by atoms with Crippen molar-refractivity contribution >= 4 is 33.4 Å². The molecule has 0 aliphatic rings. The van der Waals surface area contributed by atoms with E-state index in [-0.39, 0.29) is 23.8 Å². The van der Waals surface area contributed by atoms with Crippen LogP contribution in [0.1, 0.15) is 37.5 Å². The first-order chi connectivity index (χ1) is 18.3. The van der Waals surface area contributed by atoms with Gasteiger partial charge in [0.2, 0.25) is 21.8 Å². The number of benzene rings is 3. The Kier molecular flexibility index (Phi) is 9.93. The number of sulfonamides is 1. The van der Waals surface area contributed by atoms with Crippen LogP contribution in [0.3, 0.4) is 0 Å². The van der Waals surface area contributed by atoms with E-state index in [9.17, 15) is 18.0 Å². The summed E-state index contributed by atoms with van der Waals surface area (Å²) in [7, 11) is -2.62. The maximum Gasteiger partial charge on any atom is 0.243 e. The van der Waals surface area contributed by atoms with Crippen LogP contribution in [-0.4, -0.2) is 54.6 Å². The predicted octanol–water partition coefficient (Wildman–Crippen LogP) is 4.82. The summed E-state index contributed by atoms with van der Waals surface area (Å²) in [5, 5.41) is 3.42. The molecule has 3 aromatic rings. The molecular weight excluding hydrogens is 534 g/mol. The number of amides is 2. The molecule has 0 saturated carbocycles. The van der Waals surface area contributed by atoms with E-state index in [1.54, 1.807) is 0 Å². The van der Waals surface area contributed by atoms with E-state index in [2.05, 4.69) is 5.32 Å². The molecule has 1 N–H and O–H groups in total. The van der Waals surface area contributed by atoms with E-state index in [4.69, 9.17) is 11.6 Å². The summed E-state index contributed by atoms with van der Waals surface area (Å²) in [6.07, 6.45) is 0.272. The minimum atomic E-state index is -3.97. The van der Waals surface area contributed by atoms with Gasteiger partial charge in [0.1, 0.15) is 6.04 Å². The van der Waals surface area contributed by atoms with Gasteiger partial charge in [0, 0.05) is 30.6 Å². The maximum atomic E-state index is 13.9. The van der Waals surface area contributed by atoms with Crippen molar-refractivity contribution in [1.29, 1.82) is 0 Å². The highest BCUT2D eigenvalue weighted by molar-refractivity contribution is 7.89. The van der Waals surface area contributed by atoms with Crippen LogP contribution in [0.2, 0.25) is 5.02 Å². The second kappa shape index (κ2) is 12.8. The van der Waals surface area contributed by atoms with Crippen molar-refractivity contribution in [3.63, 3.8) is 0 Å². The number of likely N-dealkylation sites (N-methyl/N-ethyl adjacent to an activating group) is 1. The number of aryl methyl sites for hydroxylation is 1. The Hall–Kier alpha value is -3.20. The zero-order valence-corrected chi connectivity index (χ0v) is 24.6. The smallest absolute Gasteiger partial charge is 0.243 e. The molecule has 0 radical (unpaired) electrons. The van der Waals surface area contributed by atoms with Crippen molar-refractivity contribution in [3.8, 4) is 0 Å². The largest absolute Gasteiger partial charge is 0.350 e. The molecule has 0 aromatic heterocycles. The second-order valence-electron chi connectivity index (χ2n) is 10.6. The van der Waals surface area contributed by atoms with Gasteiger partial charge < -0.3 is 10.2 Å². The number of nitrogens with zero attached hydrogens (tertiary/aromatic N) is 2. The lowest BCUT2D eigenvalue weighted by molar-refractivity contribution is -0.141. The SMILES string of the molecule is Cc1ccccc1CN(C(=O)CN(C)S(=O)(=O)c1ccc(Cl)cc1)C(Cc1ccccc1)C(=O)NC(C)(C)C. The molecule has 3 aromatic carbocycles. The summed E-state index contributed by atoms with van der Waals surface area (Å²) in [5.41, 5.74) is 2.19. The first-order valence-electron chi connectivity index (χ1n) is 12.7. The number of nitrogens with one attached hydrogen (secondary N) is 1. The fourth-order valence-corrected chi connectivity index (χ4v) is 5.38. The summed E-state index contributed by atoms with van der Waals surface area (Å²) in [6, 6.07) is 22.0. The molecule has 9 heteroatoms. The molecule has 0 aliphatic carbocycles. The van der Waals surface area contributed by atoms with E-state index in [1.165, 1.54) is 36.2 Å². The van der Waals surface area contributed by atoms with Gasteiger partial charge in [0.25, 0.3) is 0 Å². The van der Waals surface area contributed by atoms with Crippen LogP contribution in [0.15, 0.2) is 83.8 Å². The van der Waals surface area contributed by atoms with E-state index in [1.807, 2.05) is 82.3 Å². The normalized spacial score (nSPS) is 12.7. The molecule has 208 valence electrons. The van der Waals surface area contributed by atoms with Gasteiger partial charge in [0.15, 0.2) is 0 Å². The van der Waals surface area contributed by atoms with Crippen LogP contribution in [0.5, 0.6) is 0 Å². The monoisotopic (exact) mass is 569 g/mol. The Morgan fingerprint density at radius 1 is 0.923 bits per heavy atom. The minimum Gasteiger partial charge on any atom is -0.350 e. The molecule has 0 bridgehead atoms. The standard InChI is InChI=1S/C30H36ClN3O4S/c1-22-11-9-10-14-24(22)20-34(27(29(36)32-30(2,3)4)19-23-12-7-6-8-13-23)28(35)21-33(5)39(37,38)26-17-15-25(31)16-18-26/h6-18,27H,19-21H2,1-5H3,(H,32,36). The summed E-state index contributed by atoms with van der Waals surface area (Å²) in [6.45, 7) is 7.29. The molecule has 3 rings (SSSR count). The highest BCUT2D eigenvalue weighted by Gasteiger charge is 2.34. The van der Waals surface area contributed by atoms with Crippen molar-refractivity contribution in [2.24, 2.45) is 0 Å². The number of carbonyl (C=O) groups excluding carboxylic acids is 2. The zero-order chi connectivity index (χ0) is 28.8. The topological polar surface area (TPSA) is 86.8 Å². The lowest BCUT2D eigenvalue weighted by Crippen LogP contribution is -2.56. The van der Waals surface area contributed by atoms with E-state index < -0.39 is 34.1 Å². The van der Waals surface area contributed by atoms with E-state index in [0.717, 1.165) is 21.0 Å². The Balaban J connectivity index is 2.00. The quantitative estimate of drug-likeness (QED) is 0.379. The van der Waals surface area contributed by atoms with E-state index in [0.29, 0.717) is 5.02 Å². The van der Waals surface area contributed by atoms with Crippen LogP contribution >= 0.6 is 11.6 Å². The van der Waals surface area contributed by atoms with Gasteiger partial charge in [-0.15, -0.1) is 0 Å². The Labute approximate surface area is 236 Å². The third kappa shape index (κ3) is 8.39. The van der Waals surface area contributed by atoms with Gasteiger partial charge in [-0.1, -0.05) is 66.2 Å². The molecule has 1 atom stereocenters. The third-order valence-corrected chi connectivity index (χ3v) is 8.32. The highest BCUT2D eigenvalue weighted by Crippen LogP contribution is 2.21. The lowest BCUT2D eigenvalue weighted by Gasteiger charge is -2.35. The fraction of sp³-hybridized carbons (Fsp3) is 0.333. The average Bonchev–Trinajstić information content (AvgIpc) is 2.87. The van der Waals surface area contributed by atoms with Gasteiger partial charge >= 0.3 is 0 Å². The van der Waals surface area contributed by atoms with Crippen molar-refractivity contribution in [1.82, 2.24) is 14.5 Å². The molecule has 2 amide bonds. The zero-order valence-electron chi connectivity index (χ0n) is 23.0. The number of hydrogen-bond donors (Lipinski definition) is 1. The average molecular weight is 570 g/mol. The molecule has 0 fully saturated rings. The van der Waals surface area contributed by atoms with Crippen LogP contribution in [0, 0.1) is 6.92 Å². The van der Waals surface area contributed by atoms with Gasteiger partial charge in [-0.3, -0.25) is 9.59 Å². The molecule has 39 heavy (non-hydrogen) atoms. The van der Waals surface area contributed by atoms with Crippen molar-refractivity contribution < 1.29 is 18.0 Å². The first-order valence-corrected chi connectivity index (χ1v) is 14.5. The highest BCUT2D eigenvalue weighted by atomic mass is 35.5.